The van der Waals surface area contributed by atoms with E-state index in [1.165, 1.54) is 18.2 Å². The summed E-state index contributed by atoms with van der Waals surface area (Å²) in [5, 5.41) is 9.23. The summed E-state index contributed by atoms with van der Waals surface area (Å²) >= 11 is 0. The lowest BCUT2D eigenvalue weighted by atomic mass is 10.2. The minimum Gasteiger partial charge on any atom is -0.461 e. The van der Waals surface area contributed by atoms with Crippen LogP contribution in [0.25, 0.3) is 11.0 Å². The van der Waals surface area contributed by atoms with Crippen LogP contribution < -0.4 is 4.74 Å². The molecule has 0 atom stereocenters. The van der Waals surface area contributed by atoms with Crippen LogP contribution in [-0.4, -0.2) is 18.1 Å². The molecule has 1 N–H and O–H groups in total. The molecular formula is C11H9F3O3. The van der Waals surface area contributed by atoms with Gasteiger partial charge in [0.2, 0.25) is 0 Å². The minimum absolute atomic E-state index is 0.0776. The summed E-state index contributed by atoms with van der Waals surface area (Å²) in [5.74, 6) is 0.230. The van der Waals surface area contributed by atoms with E-state index in [0.717, 1.165) is 0 Å². The van der Waals surface area contributed by atoms with Gasteiger partial charge in [-0.05, 0) is 24.3 Å². The van der Waals surface area contributed by atoms with Gasteiger partial charge >= 0.3 is 6.36 Å². The molecule has 0 amide bonds. The van der Waals surface area contributed by atoms with E-state index in [-0.39, 0.29) is 12.4 Å². The predicted molar refractivity (Wildman–Crippen MR) is 53.7 cm³/mol. The van der Waals surface area contributed by atoms with Gasteiger partial charge in [0, 0.05) is 11.8 Å². The number of rotatable bonds is 3. The summed E-state index contributed by atoms with van der Waals surface area (Å²) in [6, 6.07) is 5.40. The number of ether oxygens (including phenoxy) is 1. The Hall–Kier alpha value is -1.69. The monoisotopic (exact) mass is 246 g/mol. The zero-order valence-corrected chi connectivity index (χ0v) is 8.62. The highest BCUT2D eigenvalue weighted by atomic mass is 19.4. The molecule has 1 aromatic carbocycles. The Morgan fingerprint density at radius 2 is 2.00 bits per heavy atom. The maximum absolute atomic E-state index is 12.0. The molecular weight excluding hydrogens is 237 g/mol. The lowest BCUT2D eigenvalue weighted by molar-refractivity contribution is -0.274. The fourth-order valence-corrected chi connectivity index (χ4v) is 1.51. The Morgan fingerprint density at radius 3 is 2.65 bits per heavy atom. The average molecular weight is 246 g/mol. The molecule has 0 saturated carbocycles. The van der Waals surface area contributed by atoms with Gasteiger partial charge in [-0.15, -0.1) is 13.2 Å². The molecule has 0 unspecified atom stereocenters. The van der Waals surface area contributed by atoms with Gasteiger partial charge < -0.3 is 14.3 Å². The highest BCUT2D eigenvalue weighted by Crippen LogP contribution is 2.28. The minimum atomic E-state index is -4.70. The number of aliphatic hydroxyl groups excluding tert-OH is 1. The van der Waals surface area contributed by atoms with Crippen molar-refractivity contribution in [3.63, 3.8) is 0 Å². The van der Waals surface area contributed by atoms with Gasteiger partial charge in [-0.1, -0.05) is 0 Å². The Balaban J connectivity index is 2.30. The fraction of sp³-hybridized carbons (Fsp3) is 0.273. The van der Waals surface area contributed by atoms with E-state index in [1.54, 1.807) is 6.07 Å². The van der Waals surface area contributed by atoms with Gasteiger partial charge in [-0.3, -0.25) is 0 Å². The summed E-state index contributed by atoms with van der Waals surface area (Å²) in [4.78, 5) is 0. The van der Waals surface area contributed by atoms with E-state index in [2.05, 4.69) is 4.74 Å². The number of furan rings is 1. The lowest BCUT2D eigenvalue weighted by Crippen LogP contribution is -2.16. The van der Waals surface area contributed by atoms with Gasteiger partial charge in [-0.25, -0.2) is 0 Å². The number of aliphatic hydroxyl groups is 1. The van der Waals surface area contributed by atoms with E-state index < -0.39 is 6.36 Å². The number of benzene rings is 1. The number of hydrogen-bond acceptors (Lipinski definition) is 3. The van der Waals surface area contributed by atoms with Crippen LogP contribution in [0.5, 0.6) is 5.75 Å². The molecule has 0 saturated heterocycles. The second-order valence-corrected chi connectivity index (χ2v) is 3.43. The molecule has 0 aliphatic heterocycles. The van der Waals surface area contributed by atoms with Gasteiger partial charge in [0.1, 0.15) is 17.1 Å². The quantitative estimate of drug-likeness (QED) is 0.905. The summed E-state index contributed by atoms with van der Waals surface area (Å²) in [6.45, 7) is -0.0776. The van der Waals surface area contributed by atoms with Crippen molar-refractivity contribution in [2.24, 2.45) is 0 Å². The molecule has 1 aromatic heterocycles. The van der Waals surface area contributed by atoms with Crippen LogP contribution >= 0.6 is 0 Å². The molecule has 0 aliphatic carbocycles. The summed E-state index contributed by atoms with van der Waals surface area (Å²) in [5.41, 5.74) is 0.461. The lowest BCUT2D eigenvalue weighted by Gasteiger charge is -2.07. The van der Waals surface area contributed by atoms with E-state index in [4.69, 9.17) is 9.52 Å². The maximum Gasteiger partial charge on any atom is 0.573 e. The van der Waals surface area contributed by atoms with Crippen LogP contribution in [0.3, 0.4) is 0 Å². The number of hydrogen-bond donors (Lipinski definition) is 1. The molecule has 1 heterocycles. The predicted octanol–water partition coefficient (Wildman–Crippen LogP) is 2.87. The van der Waals surface area contributed by atoms with Crippen molar-refractivity contribution < 1.29 is 27.4 Å². The van der Waals surface area contributed by atoms with Gasteiger partial charge in [0.25, 0.3) is 0 Å². The Morgan fingerprint density at radius 1 is 1.24 bits per heavy atom. The number of alkyl halides is 3. The third kappa shape index (κ3) is 2.91. The van der Waals surface area contributed by atoms with Crippen LogP contribution in [0.15, 0.2) is 28.7 Å². The van der Waals surface area contributed by atoms with Crippen LogP contribution in [-0.2, 0) is 6.42 Å². The van der Waals surface area contributed by atoms with Crippen molar-refractivity contribution in [3.8, 4) is 5.75 Å². The molecule has 0 aliphatic rings. The van der Waals surface area contributed by atoms with Gasteiger partial charge in [0.15, 0.2) is 0 Å². The van der Waals surface area contributed by atoms with E-state index in [9.17, 15) is 13.2 Å². The Kier molecular flexibility index (Phi) is 2.97. The molecule has 3 nitrogen and oxygen atoms in total. The first-order valence-electron chi connectivity index (χ1n) is 4.87. The highest BCUT2D eigenvalue weighted by Gasteiger charge is 2.31. The molecule has 0 radical (unpaired) electrons. The maximum atomic E-state index is 12.0. The first kappa shape index (κ1) is 11.8. The summed E-state index contributed by atoms with van der Waals surface area (Å²) in [7, 11) is 0. The normalized spacial score (nSPS) is 12.0. The fourth-order valence-electron chi connectivity index (χ4n) is 1.51. The van der Waals surface area contributed by atoms with Crippen LogP contribution in [0.4, 0.5) is 13.2 Å². The number of halogens is 3. The summed E-state index contributed by atoms with van der Waals surface area (Å²) < 4.78 is 45.1. The second-order valence-electron chi connectivity index (χ2n) is 3.43. The van der Waals surface area contributed by atoms with Crippen molar-refractivity contribution in [3.05, 3.63) is 30.0 Å². The molecule has 2 rings (SSSR count). The number of fused-ring (bicyclic) bond motifs is 1. The van der Waals surface area contributed by atoms with Crippen molar-refractivity contribution >= 4 is 11.0 Å². The SMILES string of the molecule is OCCc1cc2cc(OC(F)(F)F)ccc2o1. The Labute approximate surface area is 94.4 Å². The highest BCUT2D eigenvalue weighted by molar-refractivity contribution is 5.79. The van der Waals surface area contributed by atoms with Crippen LogP contribution in [0.1, 0.15) is 5.76 Å². The zero-order chi connectivity index (χ0) is 12.5. The molecule has 0 fully saturated rings. The molecule has 0 bridgehead atoms. The van der Waals surface area contributed by atoms with Gasteiger partial charge in [-0.2, -0.15) is 0 Å². The first-order valence-corrected chi connectivity index (χ1v) is 4.87. The third-order valence-electron chi connectivity index (χ3n) is 2.13. The third-order valence-corrected chi connectivity index (χ3v) is 2.13. The molecule has 6 heteroatoms. The van der Waals surface area contributed by atoms with Crippen molar-refractivity contribution in [1.82, 2.24) is 0 Å². The topological polar surface area (TPSA) is 42.6 Å². The molecule has 92 valence electrons. The van der Waals surface area contributed by atoms with Crippen LogP contribution in [0, 0.1) is 0 Å². The van der Waals surface area contributed by atoms with Crippen molar-refractivity contribution in [2.45, 2.75) is 12.8 Å². The summed E-state index contributed by atoms with van der Waals surface area (Å²) in [6.07, 6.45) is -4.38. The van der Waals surface area contributed by atoms with E-state index in [0.29, 0.717) is 23.2 Å². The van der Waals surface area contributed by atoms with Gasteiger partial charge in [0.05, 0.1) is 6.61 Å². The molecule has 17 heavy (non-hydrogen) atoms. The molecule has 0 spiro atoms. The van der Waals surface area contributed by atoms with E-state index >= 15 is 0 Å². The van der Waals surface area contributed by atoms with Crippen LogP contribution in [0.2, 0.25) is 0 Å². The average Bonchev–Trinajstić information content (AvgIpc) is 2.57. The smallest absolute Gasteiger partial charge is 0.461 e. The van der Waals surface area contributed by atoms with E-state index in [1.807, 2.05) is 0 Å². The Bertz CT molecular complexity index is 516. The first-order chi connectivity index (χ1) is 7.98. The largest absolute Gasteiger partial charge is 0.573 e. The molecule has 2 aromatic rings. The van der Waals surface area contributed by atoms with Crippen molar-refractivity contribution in [2.75, 3.05) is 6.61 Å². The standard InChI is InChI=1S/C11H9F3O3/c12-11(13,14)17-9-1-2-10-7(6-9)5-8(16-10)3-4-15/h1-2,5-6,15H,3-4H2. The van der Waals surface area contributed by atoms with Crippen molar-refractivity contribution in [1.29, 1.82) is 0 Å². The zero-order valence-electron chi connectivity index (χ0n) is 8.62. The second kappa shape index (κ2) is 4.29.